The number of carbonyl (C=O) groups excluding carboxylic acids is 1. The molecule has 1 aliphatic heterocycles. The molecule has 0 saturated carbocycles. The van der Waals surface area contributed by atoms with Gasteiger partial charge in [-0.15, -0.1) is 0 Å². The third-order valence-corrected chi connectivity index (χ3v) is 3.86. The number of anilines is 1. The Labute approximate surface area is 115 Å². The van der Waals surface area contributed by atoms with E-state index in [1.165, 1.54) is 5.56 Å². The average Bonchev–Trinajstić information content (AvgIpc) is 2.44. The SMILES string of the molecule is CCc1ccccc1N1CCN(CCN)C(C)C1=O. The van der Waals surface area contributed by atoms with Crippen molar-refractivity contribution in [2.75, 3.05) is 31.1 Å². The first kappa shape index (κ1) is 14.0. The number of carbonyl (C=O) groups is 1. The van der Waals surface area contributed by atoms with Crippen molar-refractivity contribution in [2.45, 2.75) is 26.3 Å². The van der Waals surface area contributed by atoms with Crippen molar-refractivity contribution in [3.63, 3.8) is 0 Å². The summed E-state index contributed by atoms with van der Waals surface area (Å²) in [7, 11) is 0. The first-order valence-electron chi connectivity index (χ1n) is 7.02. The summed E-state index contributed by atoms with van der Waals surface area (Å²) in [6.07, 6.45) is 0.945. The van der Waals surface area contributed by atoms with E-state index in [0.29, 0.717) is 6.54 Å². The summed E-state index contributed by atoms with van der Waals surface area (Å²) in [5.74, 6) is 0.181. The third kappa shape index (κ3) is 2.80. The number of aryl methyl sites for hydroxylation is 1. The number of nitrogens with two attached hydrogens (primary N) is 1. The molecule has 1 unspecified atom stereocenters. The monoisotopic (exact) mass is 261 g/mol. The van der Waals surface area contributed by atoms with Crippen molar-refractivity contribution < 1.29 is 4.79 Å². The second-order valence-corrected chi connectivity index (χ2v) is 4.97. The van der Waals surface area contributed by atoms with Crippen molar-refractivity contribution >= 4 is 11.6 Å². The van der Waals surface area contributed by atoms with Crippen molar-refractivity contribution in [3.8, 4) is 0 Å². The zero-order valence-corrected chi connectivity index (χ0v) is 11.8. The Morgan fingerprint density at radius 1 is 1.32 bits per heavy atom. The van der Waals surface area contributed by atoms with E-state index < -0.39 is 0 Å². The molecule has 2 rings (SSSR count). The maximum Gasteiger partial charge on any atom is 0.244 e. The lowest BCUT2D eigenvalue weighted by molar-refractivity contribution is -0.125. The van der Waals surface area contributed by atoms with Gasteiger partial charge in [0.25, 0.3) is 0 Å². The Balaban J connectivity index is 2.21. The number of hydrogen-bond acceptors (Lipinski definition) is 3. The number of benzene rings is 1. The summed E-state index contributed by atoms with van der Waals surface area (Å²) in [5, 5.41) is 0. The number of amides is 1. The van der Waals surface area contributed by atoms with Gasteiger partial charge in [-0.25, -0.2) is 0 Å². The van der Waals surface area contributed by atoms with Crippen LogP contribution in [0.15, 0.2) is 24.3 Å². The van der Waals surface area contributed by atoms with Crippen molar-refractivity contribution in [3.05, 3.63) is 29.8 Å². The molecule has 1 aromatic rings. The van der Waals surface area contributed by atoms with Crippen LogP contribution in [-0.2, 0) is 11.2 Å². The van der Waals surface area contributed by atoms with Crippen LogP contribution in [-0.4, -0.2) is 43.0 Å². The Morgan fingerprint density at radius 2 is 2.05 bits per heavy atom. The minimum atomic E-state index is -0.0813. The van der Waals surface area contributed by atoms with Gasteiger partial charge in [0, 0.05) is 31.9 Å². The van der Waals surface area contributed by atoms with Gasteiger partial charge in [-0.1, -0.05) is 25.1 Å². The van der Waals surface area contributed by atoms with Crippen LogP contribution in [0.2, 0.25) is 0 Å². The number of piperazine rings is 1. The van der Waals surface area contributed by atoms with E-state index in [9.17, 15) is 4.79 Å². The summed E-state index contributed by atoms with van der Waals surface area (Å²) in [6, 6.07) is 8.09. The molecule has 104 valence electrons. The van der Waals surface area contributed by atoms with E-state index in [0.717, 1.165) is 31.7 Å². The van der Waals surface area contributed by atoms with Gasteiger partial charge in [0.05, 0.1) is 6.04 Å². The van der Waals surface area contributed by atoms with Crippen molar-refractivity contribution in [1.29, 1.82) is 0 Å². The molecule has 1 aromatic carbocycles. The summed E-state index contributed by atoms with van der Waals surface area (Å²) < 4.78 is 0. The Kier molecular flexibility index (Phi) is 4.56. The predicted octanol–water partition coefficient (Wildman–Crippen LogP) is 1.24. The molecule has 0 spiro atoms. The number of rotatable bonds is 4. The Hall–Kier alpha value is -1.39. The van der Waals surface area contributed by atoms with Crippen LogP contribution < -0.4 is 10.6 Å². The standard InChI is InChI=1S/C15H23N3O/c1-3-13-6-4-5-7-14(13)18-11-10-17(9-8-16)12(2)15(18)19/h4-7,12H,3,8-11,16H2,1-2H3. The quantitative estimate of drug-likeness (QED) is 0.887. The zero-order valence-electron chi connectivity index (χ0n) is 11.8. The fraction of sp³-hybridized carbons (Fsp3) is 0.533. The molecular formula is C15H23N3O. The van der Waals surface area contributed by atoms with Crippen LogP contribution in [0.1, 0.15) is 19.4 Å². The molecule has 1 saturated heterocycles. The van der Waals surface area contributed by atoms with Gasteiger partial charge in [0.15, 0.2) is 0 Å². The van der Waals surface area contributed by atoms with Crippen LogP contribution >= 0.6 is 0 Å². The van der Waals surface area contributed by atoms with Gasteiger partial charge in [0.1, 0.15) is 0 Å². The third-order valence-electron chi connectivity index (χ3n) is 3.86. The van der Waals surface area contributed by atoms with Gasteiger partial charge in [0.2, 0.25) is 5.91 Å². The van der Waals surface area contributed by atoms with Crippen LogP contribution in [0.25, 0.3) is 0 Å². The van der Waals surface area contributed by atoms with Gasteiger partial charge in [-0.2, -0.15) is 0 Å². The molecule has 4 heteroatoms. The Morgan fingerprint density at radius 3 is 2.74 bits per heavy atom. The van der Waals surface area contributed by atoms with E-state index >= 15 is 0 Å². The maximum absolute atomic E-state index is 12.5. The lowest BCUT2D eigenvalue weighted by Crippen LogP contribution is -2.57. The lowest BCUT2D eigenvalue weighted by atomic mass is 10.1. The molecule has 1 aliphatic rings. The fourth-order valence-electron chi connectivity index (χ4n) is 2.70. The summed E-state index contributed by atoms with van der Waals surface area (Å²) >= 11 is 0. The molecule has 0 aromatic heterocycles. The minimum absolute atomic E-state index is 0.0813. The molecule has 0 bridgehead atoms. The van der Waals surface area contributed by atoms with E-state index in [4.69, 9.17) is 5.73 Å². The minimum Gasteiger partial charge on any atom is -0.329 e. The summed E-state index contributed by atoms with van der Waals surface area (Å²) in [6.45, 7) is 7.12. The van der Waals surface area contributed by atoms with Crippen LogP contribution in [0.4, 0.5) is 5.69 Å². The number of hydrogen-bond donors (Lipinski definition) is 1. The molecular weight excluding hydrogens is 238 g/mol. The van der Waals surface area contributed by atoms with Crippen LogP contribution in [0, 0.1) is 0 Å². The molecule has 1 amide bonds. The van der Waals surface area contributed by atoms with Crippen LogP contribution in [0.5, 0.6) is 0 Å². The number of nitrogens with zero attached hydrogens (tertiary/aromatic N) is 2. The molecule has 0 radical (unpaired) electrons. The lowest BCUT2D eigenvalue weighted by Gasteiger charge is -2.39. The predicted molar refractivity (Wildman–Crippen MR) is 78.3 cm³/mol. The highest BCUT2D eigenvalue weighted by Gasteiger charge is 2.32. The molecule has 2 N–H and O–H groups in total. The maximum atomic E-state index is 12.5. The highest BCUT2D eigenvalue weighted by Crippen LogP contribution is 2.24. The van der Waals surface area contributed by atoms with Gasteiger partial charge >= 0.3 is 0 Å². The molecule has 0 aliphatic carbocycles. The second kappa shape index (κ2) is 6.17. The van der Waals surface area contributed by atoms with E-state index in [1.807, 2.05) is 30.0 Å². The topological polar surface area (TPSA) is 49.6 Å². The molecule has 4 nitrogen and oxygen atoms in total. The fourth-order valence-corrected chi connectivity index (χ4v) is 2.70. The summed E-state index contributed by atoms with van der Waals surface area (Å²) in [5.41, 5.74) is 7.89. The first-order valence-corrected chi connectivity index (χ1v) is 7.02. The average molecular weight is 261 g/mol. The molecule has 1 atom stereocenters. The van der Waals surface area contributed by atoms with E-state index in [1.54, 1.807) is 0 Å². The normalized spacial score (nSPS) is 20.9. The van der Waals surface area contributed by atoms with Crippen molar-refractivity contribution in [2.24, 2.45) is 5.73 Å². The highest BCUT2D eigenvalue weighted by molar-refractivity contribution is 5.98. The van der Waals surface area contributed by atoms with Gasteiger partial charge < -0.3 is 10.6 Å². The van der Waals surface area contributed by atoms with Gasteiger partial charge in [-0.05, 0) is 25.0 Å². The molecule has 1 heterocycles. The largest absolute Gasteiger partial charge is 0.329 e. The van der Waals surface area contributed by atoms with E-state index in [2.05, 4.69) is 17.9 Å². The van der Waals surface area contributed by atoms with E-state index in [-0.39, 0.29) is 11.9 Å². The first-order chi connectivity index (χ1) is 9.19. The van der Waals surface area contributed by atoms with Gasteiger partial charge in [-0.3, -0.25) is 9.69 Å². The smallest absolute Gasteiger partial charge is 0.244 e. The molecule has 1 fully saturated rings. The second-order valence-electron chi connectivity index (χ2n) is 4.97. The molecule has 19 heavy (non-hydrogen) atoms. The van der Waals surface area contributed by atoms with Crippen molar-refractivity contribution in [1.82, 2.24) is 4.90 Å². The zero-order chi connectivity index (χ0) is 13.8. The Bertz CT molecular complexity index is 447. The number of para-hydroxylation sites is 1. The van der Waals surface area contributed by atoms with Crippen LogP contribution in [0.3, 0.4) is 0 Å². The summed E-state index contributed by atoms with van der Waals surface area (Å²) in [4.78, 5) is 16.6. The highest BCUT2D eigenvalue weighted by atomic mass is 16.2.